The molecule has 2 aliphatic heterocycles. The number of rotatable bonds is 3. The summed E-state index contributed by atoms with van der Waals surface area (Å²) in [7, 11) is 0. The normalized spacial score (nSPS) is 26.7. The Morgan fingerprint density at radius 3 is 2.71 bits per heavy atom. The van der Waals surface area contributed by atoms with E-state index in [-0.39, 0.29) is 5.91 Å². The van der Waals surface area contributed by atoms with Crippen LogP contribution < -0.4 is 5.32 Å². The van der Waals surface area contributed by atoms with Crippen LogP contribution in [0.15, 0.2) is 4.99 Å². The van der Waals surface area contributed by atoms with Gasteiger partial charge in [0.25, 0.3) is 5.91 Å². The van der Waals surface area contributed by atoms with Gasteiger partial charge in [0.15, 0.2) is 5.84 Å². The molecule has 2 unspecified atom stereocenters. The molecule has 17 heavy (non-hydrogen) atoms. The van der Waals surface area contributed by atoms with Crippen molar-refractivity contribution in [1.82, 2.24) is 10.2 Å². The van der Waals surface area contributed by atoms with Crippen LogP contribution in [0.2, 0.25) is 0 Å². The van der Waals surface area contributed by atoms with Crippen molar-refractivity contribution < 1.29 is 4.79 Å². The van der Waals surface area contributed by atoms with Crippen molar-refractivity contribution in [2.45, 2.75) is 59.0 Å². The van der Waals surface area contributed by atoms with E-state index in [0.717, 1.165) is 32.4 Å². The number of carbonyl (C=O) groups is 1. The van der Waals surface area contributed by atoms with Crippen LogP contribution in [-0.2, 0) is 4.79 Å². The van der Waals surface area contributed by atoms with E-state index in [9.17, 15) is 4.79 Å². The monoisotopic (exact) mass is 239 g/mol. The number of hydrogen-bond acceptors (Lipinski definition) is 3. The minimum Gasteiger partial charge on any atom is -0.345 e. The van der Waals surface area contributed by atoms with Crippen LogP contribution in [0.25, 0.3) is 0 Å². The molecule has 0 aliphatic carbocycles. The predicted octanol–water partition coefficient (Wildman–Crippen LogP) is 1.80. The lowest BCUT2D eigenvalue weighted by molar-refractivity contribution is -0.118. The van der Waals surface area contributed by atoms with E-state index in [1.807, 2.05) is 13.8 Å². The summed E-state index contributed by atoms with van der Waals surface area (Å²) in [6, 6.07) is 0.758. The second-order valence-corrected chi connectivity index (χ2v) is 4.24. The van der Waals surface area contributed by atoms with Gasteiger partial charge >= 0.3 is 0 Å². The summed E-state index contributed by atoms with van der Waals surface area (Å²) in [5, 5.41) is 3.08. The minimum absolute atomic E-state index is 0.0238. The van der Waals surface area contributed by atoms with E-state index in [0.29, 0.717) is 17.9 Å². The molecule has 1 amide bonds. The molecule has 0 aromatic rings. The Balaban J connectivity index is 0.000000686. The molecule has 0 saturated carbocycles. The van der Waals surface area contributed by atoms with Gasteiger partial charge in [-0.3, -0.25) is 9.79 Å². The third-order valence-electron chi connectivity index (χ3n) is 3.28. The van der Waals surface area contributed by atoms with Crippen LogP contribution in [-0.4, -0.2) is 41.8 Å². The summed E-state index contributed by atoms with van der Waals surface area (Å²) in [6.07, 6.45) is 3.25. The Morgan fingerprint density at radius 2 is 2.12 bits per heavy atom. The van der Waals surface area contributed by atoms with Crippen LogP contribution in [0.3, 0.4) is 0 Å². The van der Waals surface area contributed by atoms with Gasteiger partial charge in [-0.2, -0.15) is 0 Å². The lowest BCUT2D eigenvalue weighted by atomic mass is 9.96. The van der Waals surface area contributed by atoms with Gasteiger partial charge in [-0.1, -0.05) is 34.1 Å². The molecule has 0 aromatic heterocycles. The molecule has 0 aromatic carbocycles. The van der Waals surface area contributed by atoms with Gasteiger partial charge in [0.2, 0.25) is 0 Å². The molecule has 98 valence electrons. The van der Waals surface area contributed by atoms with Gasteiger partial charge in [0, 0.05) is 12.6 Å². The summed E-state index contributed by atoms with van der Waals surface area (Å²) in [5.41, 5.74) is 0. The highest BCUT2D eigenvalue weighted by molar-refractivity contribution is 6.38. The number of hydrogen-bond donors (Lipinski definition) is 1. The Morgan fingerprint density at radius 1 is 1.41 bits per heavy atom. The second-order valence-electron chi connectivity index (χ2n) is 4.24. The highest BCUT2D eigenvalue weighted by Gasteiger charge is 2.39. The maximum Gasteiger partial charge on any atom is 0.286 e. The number of amides is 1. The number of nitrogens with zero attached hydrogens (tertiary/aromatic N) is 2. The van der Waals surface area contributed by atoms with E-state index in [2.05, 4.69) is 29.1 Å². The van der Waals surface area contributed by atoms with Crippen molar-refractivity contribution in [1.29, 1.82) is 0 Å². The van der Waals surface area contributed by atoms with E-state index < -0.39 is 0 Å². The molecule has 2 aliphatic rings. The maximum atomic E-state index is 11.7. The number of carbonyl (C=O) groups excluding carboxylic acids is 1. The Labute approximate surface area is 104 Å². The first-order valence-electron chi connectivity index (χ1n) is 6.89. The molecule has 0 spiro atoms. The van der Waals surface area contributed by atoms with E-state index in [4.69, 9.17) is 0 Å². The van der Waals surface area contributed by atoms with Crippen LogP contribution in [0.1, 0.15) is 47.0 Å². The Kier molecular flexibility index (Phi) is 5.45. The molecular formula is C13H25N3O. The summed E-state index contributed by atoms with van der Waals surface area (Å²) >= 11 is 0. The molecule has 0 radical (unpaired) electrons. The molecule has 2 heterocycles. The van der Waals surface area contributed by atoms with Gasteiger partial charge in [-0.15, -0.1) is 0 Å². The second kappa shape index (κ2) is 6.62. The zero-order chi connectivity index (χ0) is 12.8. The smallest absolute Gasteiger partial charge is 0.286 e. The first kappa shape index (κ1) is 14.0. The fourth-order valence-corrected chi connectivity index (χ4v) is 2.61. The van der Waals surface area contributed by atoms with Gasteiger partial charge in [0.05, 0.1) is 12.6 Å². The SMILES string of the molecule is CC.CCCC1NC(=O)C2=NCCN2C1CC. The zero-order valence-electron chi connectivity index (χ0n) is 11.5. The first-order valence-corrected chi connectivity index (χ1v) is 6.89. The molecule has 4 nitrogen and oxygen atoms in total. The van der Waals surface area contributed by atoms with Crippen LogP contribution in [0.5, 0.6) is 0 Å². The zero-order valence-corrected chi connectivity index (χ0v) is 11.5. The van der Waals surface area contributed by atoms with E-state index >= 15 is 0 Å². The van der Waals surface area contributed by atoms with Crippen molar-refractivity contribution in [3.05, 3.63) is 0 Å². The van der Waals surface area contributed by atoms with E-state index in [1.165, 1.54) is 0 Å². The maximum absolute atomic E-state index is 11.7. The predicted molar refractivity (Wildman–Crippen MR) is 71.3 cm³/mol. The fraction of sp³-hybridized carbons (Fsp3) is 0.846. The molecular weight excluding hydrogens is 214 g/mol. The van der Waals surface area contributed by atoms with Gasteiger partial charge in [0.1, 0.15) is 0 Å². The standard InChI is InChI=1S/C11H19N3O.C2H6/c1-3-5-8-9(4-2)14-7-6-12-10(14)11(15)13-8;1-2/h8-9H,3-7H2,1-2H3,(H,13,15);1-2H3. The van der Waals surface area contributed by atoms with Crippen molar-refractivity contribution in [2.75, 3.05) is 13.1 Å². The number of amidine groups is 1. The summed E-state index contributed by atoms with van der Waals surface area (Å²) in [4.78, 5) is 18.2. The van der Waals surface area contributed by atoms with Crippen LogP contribution in [0, 0.1) is 0 Å². The average Bonchev–Trinajstić information content (AvgIpc) is 2.82. The summed E-state index contributed by atoms with van der Waals surface area (Å²) in [5.74, 6) is 0.685. The number of piperazine rings is 1. The summed E-state index contributed by atoms with van der Waals surface area (Å²) < 4.78 is 0. The number of nitrogens with one attached hydrogen (secondary N) is 1. The van der Waals surface area contributed by atoms with Crippen molar-refractivity contribution in [3.8, 4) is 0 Å². The lowest BCUT2D eigenvalue weighted by Gasteiger charge is -2.40. The Bertz CT molecular complexity index is 288. The molecule has 4 heteroatoms. The quantitative estimate of drug-likeness (QED) is 0.816. The highest BCUT2D eigenvalue weighted by atomic mass is 16.2. The van der Waals surface area contributed by atoms with Gasteiger partial charge in [-0.05, 0) is 12.8 Å². The molecule has 2 rings (SSSR count). The molecule has 1 saturated heterocycles. The van der Waals surface area contributed by atoms with Crippen molar-refractivity contribution in [2.24, 2.45) is 4.99 Å². The topological polar surface area (TPSA) is 44.7 Å². The average molecular weight is 239 g/mol. The number of fused-ring (bicyclic) bond motifs is 1. The van der Waals surface area contributed by atoms with Crippen molar-refractivity contribution >= 4 is 11.7 Å². The highest BCUT2D eigenvalue weighted by Crippen LogP contribution is 2.21. The lowest BCUT2D eigenvalue weighted by Crippen LogP contribution is -2.61. The van der Waals surface area contributed by atoms with E-state index in [1.54, 1.807) is 0 Å². The molecule has 1 N–H and O–H groups in total. The third kappa shape index (κ3) is 2.79. The van der Waals surface area contributed by atoms with Crippen LogP contribution in [0.4, 0.5) is 0 Å². The van der Waals surface area contributed by atoms with Gasteiger partial charge < -0.3 is 10.2 Å². The Hall–Kier alpha value is -1.06. The summed E-state index contributed by atoms with van der Waals surface area (Å²) in [6.45, 7) is 10.0. The fourth-order valence-electron chi connectivity index (χ4n) is 2.61. The first-order chi connectivity index (χ1) is 8.27. The molecule has 2 atom stereocenters. The van der Waals surface area contributed by atoms with Gasteiger partial charge in [-0.25, -0.2) is 0 Å². The molecule has 0 bridgehead atoms. The number of aliphatic imine (C=N–C) groups is 1. The largest absolute Gasteiger partial charge is 0.345 e. The van der Waals surface area contributed by atoms with Crippen LogP contribution >= 0.6 is 0 Å². The molecule has 1 fully saturated rings. The third-order valence-corrected chi connectivity index (χ3v) is 3.28. The van der Waals surface area contributed by atoms with Crippen molar-refractivity contribution in [3.63, 3.8) is 0 Å². The minimum atomic E-state index is 0.0238.